The van der Waals surface area contributed by atoms with E-state index >= 15 is 0 Å². The first kappa shape index (κ1) is 14.3. The van der Waals surface area contributed by atoms with Crippen molar-refractivity contribution >= 4 is 18.0 Å². The summed E-state index contributed by atoms with van der Waals surface area (Å²) < 4.78 is 0. The molecule has 0 aromatic heterocycles. The Morgan fingerprint density at radius 3 is 2.45 bits per heavy atom. The summed E-state index contributed by atoms with van der Waals surface area (Å²) in [6.07, 6.45) is 3.28. The van der Waals surface area contributed by atoms with Crippen molar-refractivity contribution in [3.05, 3.63) is 41.5 Å². The molecule has 0 spiro atoms. The Kier molecular flexibility index (Phi) is 4.23. The molecule has 2 rings (SSSR count). The van der Waals surface area contributed by atoms with Gasteiger partial charge in [-0.1, -0.05) is 36.8 Å². The highest BCUT2D eigenvalue weighted by molar-refractivity contribution is 5.92. The summed E-state index contributed by atoms with van der Waals surface area (Å²) in [6.45, 7) is 4.69. The van der Waals surface area contributed by atoms with Gasteiger partial charge < -0.3 is 10.0 Å². The fourth-order valence-corrected chi connectivity index (χ4v) is 2.42. The largest absolute Gasteiger partial charge is 0.481 e. The van der Waals surface area contributed by atoms with Gasteiger partial charge in [0.1, 0.15) is 0 Å². The van der Waals surface area contributed by atoms with Crippen molar-refractivity contribution < 1.29 is 14.7 Å². The SMILES string of the molecule is Cc1ccc(C=CC(=O)N2CC(C)C(C(=O)O)C2)cc1. The van der Waals surface area contributed by atoms with E-state index in [0.717, 1.165) is 5.56 Å². The third-order valence-electron chi connectivity index (χ3n) is 3.74. The standard InChI is InChI=1S/C16H19NO3/c1-11-3-5-13(6-4-11)7-8-15(18)17-9-12(2)14(10-17)16(19)20/h3-8,12,14H,9-10H2,1-2H3,(H,19,20). The van der Waals surface area contributed by atoms with Crippen LogP contribution in [0.1, 0.15) is 18.1 Å². The normalized spacial score (nSPS) is 22.4. The molecule has 1 amide bonds. The highest BCUT2D eigenvalue weighted by Crippen LogP contribution is 2.23. The number of carboxylic acid groups (broad SMARTS) is 1. The highest BCUT2D eigenvalue weighted by atomic mass is 16.4. The fraction of sp³-hybridized carbons (Fsp3) is 0.375. The van der Waals surface area contributed by atoms with Crippen LogP contribution in [0, 0.1) is 18.8 Å². The molecule has 1 N–H and O–H groups in total. The van der Waals surface area contributed by atoms with E-state index in [1.807, 2.05) is 38.1 Å². The molecule has 1 fully saturated rings. The number of amides is 1. The van der Waals surface area contributed by atoms with E-state index in [9.17, 15) is 9.59 Å². The van der Waals surface area contributed by atoms with E-state index in [0.29, 0.717) is 13.1 Å². The summed E-state index contributed by atoms with van der Waals surface area (Å²) in [4.78, 5) is 24.7. The molecule has 0 saturated carbocycles. The van der Waals surface area contributed by atoms with Crippen LogP contribution < -0.4 is 0 Å². The van der Waals surface area contributed by atoms with Crippen molar-refractivity contribution in [2.24, 2.45) is 11.8 Å². The van der Waals surface area contributed by atoms with Crippen molar-refractivity contribution in [3.63, 3.8) is 0 Å². The second-order valence-corrected chi connectivity index (χ2v) is 5.41. The summed E-state index contributed by atoms with van der Waals surface area (Å²) in [5.41, 5.74) is 2.14. The Labute approximate surface area is 118 Å². The van der Waals surface area contributed by atoms with Gasteiger partial charge in [-0.25, -0.2) is 0 Å². The number of rotatable bonds is 3. The first-order valence-corrected chi connectivity index (χ1v) is 6.74. The van der Waals surface area contributed by atoms with Gasteiger partial charge in [-0.15, -0.1) is 0 Å². The van der Waals surface area contributed by atoms with Crippen molar-refractivity contribution in [1.29, 1.82) is 0 Å². The van der Waals surface area contributed by atoms with Gasteiger partial charge in [0.25, 0.3) is 0 Å². The molecular weight excluding hydrogens is 254 g/mol. The van der Waals surface area contributed by atoms with E-state index in [-0.39, 0.29) is 11.8 Å². The Bertz CT molecular complexity index is 533. The van der Waals surface area contributed by atoms with E-state index < -0.39 is 11.9 Å². The molecule has 2 atom stereocenters. The van der Waals surface area contributed by atoms with Crippen LogP contribution in [0.2, 0.25) is 0 Å². The zero-order valence-electron chi connectivity index (χ0n) is 11.7. The van der Waals surface area contributed by atoms with E-state index in [1.165, 1.54) is 11.6 Å². The lowest BCUT2D eigenvalue weighted by atomic mass is 9.99. The average Bonchev–Trinajstić information content (AvgIpc) is 2.80. The minimum atomic E-state index is -0.824. The highest BCUT2D eigenvalue weighted by Gasteiger charge is 2.36. The Morgan fingerprint density at radius 2 is 1.90 bits per heavy atom. The van der Waals surface area contributed by atoms with Crippen LogP contribution in [0.4, 0.5) is 0 Å². The van der Waals surface area contributed by atoms with Gasteiger partial charge in [-0.3, -0.25) is 9.59 Å². The number of hydrogen-bond acceptors (Lipinski definition) is 2. The summed E-state index contributed by atoms with van der Waals surface area (Å²) >= 11 is 0. The lowest BCUT2D eigenvalue weighted by molar-refractivity contribution is -0.142. The summed E-state index contributed by atoms with van der Waals surface area (Å²) in [6, 6.07) is 7.88. The summed E-state index contributed by atoms with van der Waals surface area (Å²) in [7, 11) is 0. The van der Waals surface area contributed by atoms with Gasteiger partial charge in [-0.05, 0) is 24.5 Å². The zero-order valence-corrected chi connectivity index (χ0v) is 11.7. The molecule has 1 saturated heterocycles. The molecule has 2 unspecified atom stereocenters. The first-order valence-electron chi connectivity index (χ1n) is 6.74. The minimum Gasteiger partial charge on any atom is -0.481 e. The number of carboxylic acids is 1. The molecule has 1 aromatic rings. The van der Waals surface area contributed by atoms with Crippen molar-refractivity contribution in [1.82, 2.24) is 4.90 Å². The van der Waals surface area contributed by atoms with Crippen molar-refractivity contribution in [2.75, 3.05) is 13.1 Å². The Balaban J connectivity index is 1.99. The Hall–Kier alpha value is -2.10. The molecule has 1 heterocycles. The molecule has 4 nitrogen and oxygen atoms in total. The topological polar surface area (TPSA) is 57.6 Å². The monoisotopic (exact) mass is 273 g/mol. The predicted molar refractivity (Wildman–Crippen MR) is 77.1 cm³/mol. The molecule has 1 aliphatic heterocycles. The maximum atomic E-state index is 12.0. The zero-order chi connectivity index (χ0) is 14.7. The van der Waals surface area contributed by atoms with Crippen LogP contribution in [-0.2, 0) is 9.59 Å². The lowest BCUT2D eigenvalue weighted by Crippen LogP contribution is -2.28. The number of carbonyl (C=O) groups is 2. The summed E-state index contributed by atoms with van der Waals surface area (Å²) in [5.74, 6) is -1.40. The minimum absolute atomic E-state index is 0.00391. The molecule has 1 aromatic carbocycles. The van der Waals surface area contributed by atoms with Crippen molar-refractivity contribution in [2.45, 2.75) is 13.8 Å². The van der Waals surface area contributed by atoms with Gasteiger partial charge in [0.05, 0.1) is 5.92 Å². The quantitative estimate of drug-likeness (QED) is 0.859. The van der Waals surface area contributed by atoms with Crippen LogP contribution in [0.25, 0.3) is 6.08 Å². The average molecular weight is 273 g/mol. The lowest BCUT2D eigenvalue weighted by Gasteiger charge is -2.12. The first-order chi connectivity index (χ1) is 9.47. The molecular formula is C16H19NO3. The van der Waals surface area contributed by atoms with Crippen LogP contribution in [0.15, 0.2) is 30.3 Å². The summed E-state index contributed by atoms with van der Waals surface area (Å²) in [5, 5.41) is 9.06. The Morgan fingerprint density at radius 1 is 1.25 bits per heavy atom. The molecule has 4 heteroatoms. The van der Waals surface area contributed by atoms with Gasteiger partial charge in [0, 0.05) is 19.2 Å². The third kappa shape index (κ3) is 3.26. The third-order valence-corrected chi connectivity index (χ3v) is 3.74. The van der Waals surface area contributed by atoms with Crippen LogP contribution in [-0.4, -0.2) is 35.0 Å². The van der Waals surface area contributed by atoms with Gasteiger partial charge in [0.2, 0.25) is 5.91 Å². The number of carbonyl (C=O) groups excluding carboxylic acids is 1. The molecule has 106 valence electrons. The van der Waals surface area contributed by atoms with Gasteiger partial charge in [-0.2, -0.15) is 0 Å². The van der Waals surface area contributed by atoms with E-state index in [1.54, 1.807) is 11.0 Å². The van der Waals surface area contributed by atoms with Gasteiger partial charge >= 0.3 is 5.97 Å². The van der Waals surface area contributed by atoms with Gasteiger partial charge in [0.15, 0.2) is 0 Å². The number of aryl methyl sites for hydroxylation is 1. The second-order valence-electron chi connectivity index (χ2n) is 5.41. The maximum Gasteiger partial charge on any atom is 0.308 e. The van der Waals surface area contributed by atoms with Crippen LogP contribution in [0.5, 0.6) is 0 Å². The molecule has 0 bridgehead atoms. The van der Waals surface area contributed by atoms with E-state index in [2.05, 4.69) is 0 Å². The number of benzene rings is 1. The molecule has 0 aliphatic carbocycles. The van der Waals surface area contributed by atoms with E-state index in [4.69, 9.17) is 5.11 Å². The fourth-order valence-electron chi connectivity index (χ4n) is 2.42. The van der Waals surface area contributed by atoms with Crippen LogP contribution >= 0.6 is 0 Å². The number of hydrogen-bond donors (Lipinski definition) is 1. The number of aliphatic carboxylic acids is 1. The number of likely N-dealkylation sites (tertiary alicyclic amines) is 1. The molecule has 1 aliphatic rings. The molecule has 20 heavy (non-hydrogen) atoms. The number of nitrogens with zero attached hydrogens (tertiary/aromatic N) is 1. The maximum absolute atomic E-state index is 12.0. The predicted octanol–water partition coefficient (Wildman–Crippen LogP) is 2.19. The molecule has 0 radical (unpaired) electrons. The van der Waals surface area contributed by atoms with Crippen LogP contribution in [0.3, 0.4) is 0 Å². The smallest absolute Gasteiger partial charge is 0.308 e. The second kappa shape index (κ2) is 5.90. The van der Waals surface area contributed by atoms with Crippen molar-refractivity contribution in [3.8, 4) is 0 Å².